The molecule has 0 N–H and O–H groups in total. The van der Waals surface area contributed by atoms with E-state index in [1.165, 1.54) is 6.07 Å². The number of nitriles is 1. The van der Waals surface area contributed by atoms with E-state index in [-0.39, 0.29) is 5.82 Å². The van der Waals surface area contributed by atoms with Crippen molar-refractivity contribution >= 4 is 0 Å². The quantitative estimate of drug-likeness (QED) is 0.782. The van der Waals surface area contributed by atoms with Crippen LogP contribution in [0, 0.1) is 24.1 Å². The molecule has 4 heteroatoms. The van der Waals surface area contributed by atoms with Crippen LogP contribution in [-0.4, -0.2) is 13.2 Å². The SMILES string of the molecule is Cc1ccc(OCCOc2ccc(C#N)cc2)cc1F. The number of hydrogen-bond donors (Lipinski definition) is 0. The van der Waals surface area contributed by atoms with Gasteiger partial charge in [0.25, 0.3) is 0 Å². The van der Waals surface area contributed by atoms with E-state index in [0.29, 0.717) is 35.8 Å². The van der Waals surface area contributed by atoms with Crippen LogP contribution in [0.2, 0.25) is 0 Å². The van der Waals surface area contributed by atoms with Crippen molar-refractivity contribution in [3.63, 3.8) is 0 Å². The Hall–Kier alpha value is -2.54. The highest BCUT2D eigenvalue weighted by molar-refractivity contribution is 5.34. The molecule has 0 saturated heterocycles. The number of hydrogen-bond acceptors (Lipinski definition) is 3. The van der Waals surface area contributed by atoms with Crippen molar-refractivity contribution in [1.29, 1.82) is 5.26 Å². The van der Waals surface area contributed by atoms with Gasteiger partial charge in [0.2, 0.25) is 0 Å². The van der Waals surface area contributed by atoms with E-state index in [1.54, 1.807) is 43.3 Å². The lowest BCUT2D eigenvalue weighted by Crippen LogP contribution is -2.09. The second kappa shape index (κ2) is 6.58. The zero-order valence-corrected chi connectivity index (χ0v) is 11.1. The summed E-state index contributed by atoms with van der Waals surface area (Å²) in [5.74, 6) is 0.870. The summed E-state index contributed by atoms with van der Waals surface area (Å²) in [5.41, 5.74) is 1.18. The minimum absolute atomic E-state index is 0.282. The Kier molecular flexibility index (Phi) is 4.56. The molecule has 0 atom stereocenters. The second-order valence-electron chi connectivity index (χ2n) is 4.24. The highest BCUT2D eigenvalue weighted by Crippen LogP contribution is 2.16. The van der Waals surface area contributed by atoms with Crippen LogP contribution < -0.4 is 9.47 Å². The van der Waals surface area contributed by atoms with Gasteiger partial charge in [-0.2, -0.15) is 5.26 Å². The number of halogens is 1. The first-order valence-corrected chi connectivity index (χ1v) is 6.21. The summed E-state index contributed by atoms with van der Waals surface area (Å²) in [6, 6.07) is 13.6. The number of nitrogens with zero attached hydrogens (tertiary/aromatic N) is 1. The van der Waals surface area contributed by atoms with E-state index in [9.17, 15) is 4.39 Å². The number of ether oxygens (including phenoxy) is 2. The molecule has 0 spiro atoms. The lowest BCUT2D eigenvalue weighted by Gasteiger charge is -2.09. The molecule has 2 aromatic rings. The van der Waals surface area contributed by atoms with Gasteiger partial charge in [-0.3, -0.25) is 0 Å². The predicted molar refractivity (Wildman–Crippen MR) is 73.3 cm³/mol. The molecular weight excluding hydrogens is 257 g/mol. The molecule has 0 saturated carbocycles. The third kappa shape index (κ3) is 3.72. The van der Waals surface area contributed by atoms with Crippen molar-refractivity contribution in [3.05, 3.63) is 59.4 Å². The Morgan fingerprint density at radius 2 is 1.60 bits per heavy atom. The first-order valence-electron chi connectivity index (χ1n) is 6.21. The maximum atomic E-state index is 13.3. The lowest BCUT2D eigenvalue weighted by atomic mass is 10.2. The van der Waals surface area contributed by atoms with Crippen LogP contribution in [-0.2, 0) is 0 Å². The molecule has 0 radical (unpaired) electrons. The van der Waals surface area contributed by atoms with Crippen LogP contribution in [0.5, 0.6) is 11.5 Å². The normalized spacial score (nSPS) is 9.85. The van der Waals surface area contributed by atoms with Crippen molar-refractivity contribution in [3.8, 4) is 17.6 Å². The van der Waals surface area contributed by atoms with Gasteiger partial charge in [-0.05, 0) is 42.8 Å². The third-order valence-corrected chi connectivity index (χ3v) is 2.75. The second-order valence-corrected chi connectivity index (χ2v) is 4.24. The summed E-state index contributed by atoms with van der Waals surface area (Å²) < 4.78 is 24.1. The number of aryl methyl sites for hydroxylation is 1. The highest BCUT2D eigenvalue weighted by atomic mass is 19.1. The zero-order valence-electron chi connectivity index (χ0n) is 11.1. The Balaban J connectivity index is 1.78. The molecule has 2 rings (SSSR count). The van der Waals surface area contributed by atoms with Crippen LogP contribution in [0.25, 0.3) is 0 Å². The Morgan fingerprint density at radius 1 is 1.00 bits per heavy atom. The molecule has 3 nitrogen and oxygen atoms in total. The summed E-state index contributed by atoms with van der Waals surface area (Å²) in [7, 11) is 0. The van der Waals surface area contributed by atoms with Gasteiger partial charge in [0.05, 0.1) is 11.6 Å². The average molecular weight is 271 g/mol. The number of benzene rings is 2. The molecule has 0 aliphatic rings. The van der Waals surface area contributed by atoms with E-state index < -0.39 is 0 Å². The molecule has 0 aliphatic heterocycles. The van der Waals surface area contributed by atoms with Crippen molar-refractivity contribution in [1.82, 2.24) is 0 Å². The number of rotatable bonds is 5. The van der Waals surface area contributed by atoms with Crippen LogP contribution >= 0.6 is 0 Å². The molecule has 0 aromatic heterocycles. The minimum Gasteiger partial charge on any atom is -0.490 e. The molecule has 20 heavy (non-hydrogen) atoms. The van der Waals surface area contributed by atoms with Gasteiger partial charge in [-0.1, -0.05) is 6.07 Å². The van der Waals surface area contributed by atoms with E-state index in [1.807, 2.05) is 6.07 Å². The fraction of sp³-hybridized carbons (Fsp3) is 0.188. The molecule has 0 heterocycles. The standard InChI is InChI=1S/C16H14FNO2/c1-12-2-5-15(10-16(12)17)20-9-8-19-14-6-3-13(11-18)4-7-14/h2-7,10H,8-9H2,1H3. The summed E-state index contributed by atoms with van der Waals surface area (Å²) in [6.07, 6.45) is 0. The first kappa shape index (κ1) is 13.9. The zero-order chi connectivity index (χ0) is 14.4. The van der Waals surface area contributed by atoms with Gasteiger partial charge in [-0.15, -0.1) is 0 Å². The van der Waals surface area contributed by atoms with Crippen LogP contribution in [0.15, 0.2) is 42.5 Å². The van der Waals surface area contributed by atoms with Gasteiger partial charge in [0.1, 0.15) is 30.5 Å². The Bertz CT molecular complexity index is 617. The van der Waals surface area contributed by atoms with E-state index in [0.717, 1.165) is 0 Å². The monoisotopic (exact) mass is 271 g/mol. The molecule has 0 unspecified atom stereocenters. The predicted octanol–water partition coefficient (Wildman–Crippen LogP) is 3.46. The smallest absolute Gasteiger partial charge is 0.129 e. The Labute approximate surface area is 117 Å². The van der Waals surface area contributed by atoms with Gasteiger partial charge in [0, 0.05) is 6.07 Å². The topological polar surface area (TPSA) is 42.2 Å². The van der Waals surface area contributed by atoms with Gasteiger partial charge >= 0.3 is 0 Å². The average Bonchev–Trinajstić information content (AvgIpc) is 2.48. The fourth-order valence-corrected chi connectivity index (χ4v) is 1.61. The summed E-state index contributed by atoms with van der Waals surface area (Å²) in [4.78, 5) is 0. The molecule has 0 amide bonds. The van der Waals surface area contributed by atoms with E-state index in [4.69, 9.17) is 14.7 Å². The van der Waals surface area contributed by atoms with Crippen LogP contribution in [0.3, 0.4) is 0 Å². The molecule has 0 aliphatic carbocycles. The third-order valence-electron chi connectivity index (χ3n) is 2.75. The summed E-state index contributed by atoms with van der Waals surface area (Å²) >= 11 is 0. The first-order chi connectivity index (χ1) is 9.69. The highest BCUT2D eigenvalue weighted by Gasteiger charge is 2.00. The lowest BCUT2D eigenvalue weighted by molar-refractivity contribution is 0.216. The van der Waals surface area contributed by atoms with Crippen molar-refractivity contribution in [2.75, 3.05) is 13.2 Å². The van der Waals surface area contributed by atoms with Gasteiger partial charge in [0.15, 0.2) is 0 Å². The van der Waals surface area contributed by atoms with Crippen LogP contribution in [0.4, 0.5) is 4.39 Å². The minimum atomic E-state index is -0.282. The molecule has 0 bridgehead atoms. The van der Waals surface area contributed by atoms with Gasteiger partial charge < -0.3 is 9.47 Å². The van der Waals surface area contributed by atoms with Crippen molar-refractivity contribution in [2.24, 2.45) is 0 Å². The van der Waals surface area contributed by atoms with Crippen molar-refractivity contribution < 1.29 is 13.9 Å². The van der Waals surface area contributed by atoms with Gasteiger partial charge in [-0.25, -0.2) is 4.39 Å². The van der Waals surface area contributed by atoms with E-state index in [2.05, 4.69) is 0 Å². The summed E-state index contributed by atoms with van der Waals surface area (Å²) in [6.45, 7) is 2.37. The van der Waals surface area contributed by atoms with Crippen LogP contribution in [0.1, 0.15) is 11.1 Å². The maximum absolute atomic E-state index is 13.3. The fourth-order valence-electron chi connectivity index (χ4n) is 1.61. The summed E-state index contributed by atoms with van der Waals surface area (Å²) in [5, 5.41) is 8.67. The largest absolute Gasteiger partial charge is 0.490 e. The maximum Gasteiger partial charge on any atom is 0.129 e. The molecule has 2 aromatic carbocycles. The molecule has 102 valence electrons. The van der Waals surface area contributed by atoms with Crippen molar-refractivity contribution in [2.45, 2.75) is 6.92 Å². The Morgan fingerprint density at radius 3 is 2.20 bits per heavy atom. The van der Waals surface area contributed by atoms with E-state index >= 15 is 0 Å². The molecule has 0 fully saturated rings. The molecular formula is C16H14FNO2.